The molecule has 0 saturated carbocycles. The number of rotatable bonds is 15. The summed E-state index contributed by atoms with van der Waals surface area (Å²) < 4.78 is 0. The Morgan fingerprint density at radius 3 is 0.775 bits per heavy atom. The van der Waals surface area contributed by atoms with Crippen LogP contribution in [0.3, 0.4) is 0 Å². The minimum absolute atomic E-state index is 0. The van der Waals surface area contributed by atoms with Gasteiger partial charge in [0.05, 0.1) is 36.0 Å². The maximum Gasteiger partial charge on any atom is 3.00 e. The predicted molar refractivity (Wildman–Crippen MR) is 129 cm³/mol. The molecule has 19 heteroatoms. The van der Waals surface area contributed by atoms with E-state index in [2.05, 4.69) is 16.0 Å². The second kappa shape index (κ2) is 23.8. The molecule has 0 heterocycles. The molecule has 0 radical (unpaired) electrons. The van der Waals surface area contributed by atoms with E-state index in [9.17, 15) is 58.5 Å². The Kier molecular flexibility index (Phi) is 25.5. The van der Waals surface area contributed by atoms with Gasteiger partial charge < -0.3 is 62.9 Å². The maximum absolute atomic E-state index is 10.5. The molecule has 0 bridgehead atoms. The zero-order valence-electron chi connectivity index (χ0n) is 22.2. The summed E-state index contributed by atoms with van der Waals surface area (Å²) in [7, 11) is 0. The first-order valence-corrected chi connectivity index (χ1v) is 11.1. The Morgan fingerprint density at radius 2 is 0.675 bits per heavy atom. The Labute approximate surface area is 239 Å². The minimum atomic E-state index is -1.42. The third-order valence-electron chi connectivity index (χ3n) is 4.02. The number of carbonyl (C=O) groups excluding carboxylic acids is 9. The van der Waals surface area contributed by atoms with Crippen LogP contribution in [0.25, 0.3) is 0 Å². The average molecular weight is 589 g/mol. The number of amides is 6. The van der Waals surface area contributed by atoms with Crippen LogP contribution in [-0.2, 0) is 43.2 Å². The third-order valence-corrected chi connectivity index (χ3v) is 4.02. The molecule has 0 aromatic rings. The van der Waals surface area contributed by atoms with E-state index in [0.29, 0.717) is 0 Å². The molecular formula is C21H33AlN6O12. The maximum atomic E-state index is 10.5. The average Bonchev–Trinajstić information content (AvgIpc) is 2.76. The van der Waals surface area contributed by atoms with E-state index >= 15 is 0 Å². The monoisotopic (exact) mass is 588 g/mol. The number of hydrogen-bond acceptors (Lipinski definition) is 12. The number of nitrogens with two attached hydrogens (primary N) is 3. The van der Waals surface area contributed by atoms with Crippen LogP contribution in [0.4, 0.5) is 0 Å². The van der Waals surface area contributed by atoms with E-state index in [1.807, 2.05) is 0 Å². The molecule has 3 atom stereocenters. The molecule has 0 aliphatic heterocycles. The first-order chi connectivity index (χ1) is 17.8. The van der Waals surface area contributed by atoms with Crippen LogP contribution >= 0.6 is 0 Å². The van der Waals surface area contributed by atoms with E-state index in [1.165, 1.54) is 20.8 Å². The molecule has 6 amide bonds. The van der Waals surface area contributed by atoms with Gasteiger partial charge in [0, 0.05) is 40.0 Å². The van der Waals surface area contributed by atoms with Crippen molar-refractivity contribution in [2.75, 3.05) is 0 Å². The molecule has 0 saturated heterocycles. The van der Waals surface area contributed by atoms with Gasteiger partial charge in [-0.3, -0.25) is 28.8 Å². The van der Waals surface area contributed by atoms with Crippen LogP contribution < -0.4 is 48.5 Å². The van der Waals surface area contributed by atoms with Gasteiger partial charge in [0.1, 0.15) is 0 Å². The van der Waals surface area contributed by atoms with Crippen molar-refractivity contribution in [1.29, 1.82) is 0 Å². The molecule has 9 N–H and O–H groups in total. The predicted octanol–water partition coefficient (Wildman–Crippen LogP) is -7.86. The zero-order chi connectivity index (χ0) is 31.3. The second-order valence-corrected chi connectivity index (χ2v) is 7.73. The quantitative estimate of drug-likeness (QED) is 0.0971. The van der Waals surface area contributed by atoms with E-state index < -0.39 is 71.5 Å². The van der Waals surface area contributed by atoms with Crippen molar-refractivity contribution in [3.8, 4) is 0 Å². The van der Waals surface area contributed by atoms with Crippen LogP contribution in [0.2, 0.25) is 0 Å². The van der Waals surface area contributed by atoms with Crippen molar-refractivity contribution in [1.82, 2.24) is 16.0 Å². The van der Waals surface area contributed by atoms with Gasteiger partial charge in [-0.25, -0.2) is 0 Å². The number of carboxylic acids is 3. The minimum Gasteiger partial charge on any atom is -0.548 e. The van der Waals surface area contributed by atoms with Gasteiger partial charge in [-0.1, -0.05) is 0 Å². The second-order valence-electron chi connectivity index (χ2n) is 7.73. The number of carbonyl (C=O) groups is 9. The van der Waals surface area contributed by atoms with Gasteiger partial charge in [-0.15, -0.1) is 0 Å². The molecule has 0 unspecified atom stereocenters. The van der Waals surface area contributed by atoms with Crippen molar-refractivity contribution < 1.29 is 58.5 Å². The molecule has 0 fully saturated rings. The molecule has 222 valence electrons. The largest absolute Gasteiger partial charge is 3.00 e. The first kappa shape index (κ1) is 42.8. The number of primary amides is 3. The molecule has 0 aliphatic carbocycles. The normalized spacial score (nSPS) is 11.5. The first-order valence-electron chi connectivity index (χ1n) is 11.1. The zero-order valence-corrected chi connectivity index (χ0v) is 23.3. The molecule has 18 nitrogen and oxygen atoms in total. The van der Waals surface area contributed by atoms with Crippen LogP contribution in [-0.4, -0.2) is 88.8 Å². The summed E-state index contributed by atoms with van der Waals surface area (Å²) in [5.41, 5.74) is 14.4. The van der Waals surface area contributed by atoms with E-state index in [1.54, 1.807) is 0 Å². The molecule has 0 aromatic heterocycles. The Bertz CT molecular complexity index is 800. The van der Waals surface area contributed by atoms with Crippen LogP contribution in [0.5, 0.6) is 0 Å². The van der Waals surface area contributed by atoms with Crippen molar-refractivity contribution >= 4 is 70.7 Å². The van der Waals surface area contributed by atoms with Crippen LogP contribution in [0, 0.1) is 0 Å². The van der Waals surface area contributed by atoms with Gasteiger partial charge in [0.15, 0.2) is 0 Å². The Hall–Kier alpha value is -4.24. The molecule has 0 spiro atoms. The smallest absolute Gasteiger partial charge is 0.548 e. The fraction of sp³-hybridized carbons (Fsp3) is 0.571. The number of aliphatic carboxylic acids is 3. The third kappa shape index (κ3) is 30.0. The van der Waals surface area contributed by atoms with Gasteiger partial charge >= 0.3 is 17.4 Å². The Morgan fingerprint density at radius 1 is 0.500 bits per heavy atom. The summed E-state index contributed by atoms with van der Waals surface area (Å²) in [6.07, 6.45) is -0.428. The summed E-state index contributed by atoms with van der Waals surface area (Å²) >= 11 is 0. The van der Waals surface area contributed by atoms with Crippen LogP contribution in [0.1, 0.15) is 59.3 Å². The van der Waals surface area contributed by atoms with E-state index in [0.717, 1.165) is 0 Å². The van der Waals surface area contributed by atoms with Gasteiger partial charge in [-0.2, -0.15) is 0 Å². The number of nitrogens with one attached hydrogen (secondary N) is 3. The summed E-state index contributed by atoms with van der Waals surface area (Å²) in [4.78, 5) is 93.5. The summed E-state index contributed by atoms with van der Waals surface area (Å²) in [5, 5.41) is 37.5. The molecular weight excluding hydrogens is 555 g/mol. The number of hydrogen-bond donors (Lipinski definition) is 6. The van der Waals surface area contributed by atoms with Crippen LogP contribution in [0.15, 0.2) is 0 Å². The molecule has 40 heavy (non-hydrogen) atoms. The summed E-state index contributed by atoms with van der Waals surface area (Å²) in [6.45, 7) is 3.54. The molecule has 0 aromatic carbocycles. The van der Waals surface area contributed by atoms with Crippen molar-refractivity contribution in [3.05, 3.63) is 0 Å². The standard InChI is InChI=1S/3C7H12N2O4.Al/c3*1-4(10)9-5(7(12)13)2-3-6(8)11;/h3*5H,2-3H2,1H3,(H2,8,11)(H,9,10)(H,12,13);/q;;;+3/p-3/t3*5-;/m000./s1. The topological polar surface area (TPSA) is 337 Å². The van der Waals surface area contributed by atoms with Crippen molar-refractivity contribution in [3.63, 3.8) is 0 Å². The summed E-state index contributed by atoms with van der Waals surface area (Å²) in [6, 6.07) is -3.44. The van der Waals surface area contributed by atoms with Gasteiger partial charge in [0.2, 0.25) is 35.4 Å². The SMILES string of the molecule is CC(=O)N[C@@H](CCC(N)=O)C(=O)[O-].CC(=O)N[C@@H](CCC(N)=O)C(=O)[O-].CC(=O)N[C@@H](CCC(N)=O)C(=O)[O-].[Al+3]. The van der Waals surface area contributed by atoms with Crippen molar-refractivity contribution in [2.24, 2.45) is 17.2 Å². The van der Waals surface area contributed by atoms with E-state index in [4.69, 9.17) is 17.2 Å². The number of carboxylic acid groups (broad SMARTS) is 3. The fourth-order valence-corrected chi connectivity index (χ4v) is 2.34. The molecule has 0 aliphatic rings. The van der Waals surface area contributed by atoms with Gasteiger partial charge in [0.25, 0.3) is 0 Å². The van der Waals surface area contributed by atoms with Crippen molar-refractivity contribution in [2.45, 2.75) is 77.4 Å². The fourth-order valence-electron chi connectivity index (χ4n) is 2.34. The van der Waals surface area contributed by atoms with Gasteiger partial charge in [-0.05, 0) is 19.3 Å². The molecule has 0 rings (SSSR count). The summed E-state index contributed by atoms with van der Waals surface area (Å²) in [5.74, 6) is -7.56. The van der Waals surface area contributed by atoms with E-state index in [-0.39, 0.29) is 55.9 Å². The Balaban J connectivity index is -0.000000240.